The summed E-state index contributed by atoms with van der Waals surface area (Å²) < 4.78 is 5.58. The van der Waals surface area contributed by atoms with Gasteiger partial charge in [-0.15, -0.1) is 0 Å². The second kappa shape index (κ2) is 5.62. The van der Waals surface area contributed by atoms with Crippen LogP contribution in [0.5, 0.6) is 0 Å². The zero-order valence-corrected chi connectivity index (χ0v) is 12.5. The van der Waals surface area contributed by atoms with Crippen LogP contribution in [0.1, 0.15) is 46.7 Å². The third kappa shape index (κ3) is 3.27. The lowest BCUT2D eigenvalue weighted by Gasteiger charge is -2.14. The molecule has 0 aliphatic rings. The van der Waals surface area contributed by atoms with Gasteiger partial charge in [-0.1, -0.05) is 18.2 Å². The van der Waals surface area contributed by atoms with Gasteiger partial charge in [0.15, 0.2) is 0 Å². The van der Waals surface area contributed by atoms with E-state index in [-0.39, 0.29) is 0 Å². The molecule has 2 nitrogen and oxygen atoms in total. The van der Waals surface area contributed by atoms with Crippen LogP contribution in [0.25, 0.3) is 0 Å². The fraction of sp³-hybridized carbons (Fsp3) is 0.412. The highest BCUT2D eigenvalue weighted by atomic mass is 16.3. The molecule has 19 heavy (non-hydrogen) atoms. The minimum Gasteiger partial charge on any atom is -0.466 e. The molecule has 0 amide bonds. The van der Waals surface area contributed by atoms with Gasteiger partial charge in [0.05, 0.1) is 0 Å². The van der Waals surface area contributed by atoms with Gasteiger partial charge in [-0.3, -0.25) is 0 Å². The Hall–Kier alpha value is -1.54. The monoisotopic (exact) mass is 257 g/mol. The molecular formula is C17H23NO. The average Bonchev–Trinajstić information content (AvgIpc) is 2.70. The van der Waals surface area contributed by atoms with E-state index in [2.05, 4.69) is 50.4 Å². The van der Waals surface area contributed by atoms with Crippen molar-refractivity contribution in [2.75, 3.05) is 0 Å². The van der Waals surface area contributed by atoms with Gasteiger partial charge >= 0.3 is 0 Å². The van der Waals surface area contributed by atoms with E-state index >= 15 is 0 Å². The van der Waals surface area contributed by atoms with Crippen LogP contribution >= 0.6 is 0 Å². The molecule has 0 radical (unpaired) electrons. The molecule has 0 aliphatic heterocycles. The van der Waals surface area contributed by atoms with Crippen molar-refractivity contribution in [1.29, 1.82) is 0 Å². The highest BCUT2D eigenvalue weighted by Gasteiger charge is 2.12. The fourth-order valence-corrected chi connectivity index (χ4v) is 2.37. The van der Waals surface area contributed by atoms with Crippen LogP contribution in [0.15, 0.2) is 28.7 Å². The lowest BCUT2D eigenvalue weighted by Crippen LogP contribution is -2.18. The number of aryl methyl sites for hydroxylation is 4. The lowest BCUT2D eigenvalue weighted by atomic mass is 10.1. The molecule has 0 saturated heterocycles. The molecule has 1 atom stereocenters. The summed E-state index contributed by atoms with van der Waals surface area (Å²) in [7, 11) is 0. The molecule has 2 heteroatoms. The van der Waals surface area contributed by atoms with E-state index in [1.807, 2.05) is 13.8 Å². The third-order valence-corrected chi connectivity index (χ3v) is 3.73. The second-order valence-electron chi connectivity index (χ2n) is 5.39. The van der Waals surface area contributed by atoms with Gasteiger partial charge in [0, 0.05) is 18.2 Å². The Balaban J connectivity index is 2.02. The van der Waals surface area contributed by atoms with E-state index in [0.717, 1.165) is 18.1 Å². The molecule has 0 saturated carbocycles. The van der Waals surface area contributed by atoms with Crippen LogP contribution in [-0.2, 0) is 6.54 Å². The summed E-state index contributed by atoms with van der Waals surface area (Å²) >= 11 is 0. The summed E-state index contributed by atoms with van der Waals surface area (Å²) in [4.78, 5) is 0. The van der Waals surface area contributed by atoms with Crippen molar-refractivity contribution in [3.05, 3.63) is 58.0 Å². The van der Waals surface area contributed by atoms with E-state index in [9.17, 15) is 0 Å². The predicted molar refractivity (Wildman–Crippen MR) is 79.4 cm³/mol. The Bertz CT molecular complexity index is 569. The van der Waals surface area contributed by atoms with Gasteiger partial charge in [0.1, 0.15) is 11.5 Å². The van der Waals surface area contributed by atoms with E-state index in [1.165, 1.54) is 22.3 Å². The van der Waals surface area contributed by atoms with Crippen molar-refractivity contribution in [2.24, 2.45) is 0 Å². The molecule has 0 spiro atoms. The Labute approximate surface area is 115 Å². The van der Waals surface area contributed by atoms with Gasteiger partial charge in [0.2, 0.25) is 0 Å². The minimum atomic E-state index is 0.305. The third-order valence-electron chi connectivity index (χ3n) is 3.73. The molecule has 102 valence electrons. The number of hydrogen-bond donors (Lipinski definition) is 1. The van der Waals surface area contributed by atoms with Crippen molar-refractivity contribution in [3.8, 4) is 0 Å². The molecule has 1 aromatic heterocycles. The van der Waals surface area contributed by atoms with Gasteiger partial charge in [0.25, 0.3) is 0 Å². The standard InChI is InChI=1S/C17H23NO/c1-11-6-7-16(8-12(11)2)10-18-14(4)17-9-13(3)19-15(17)5/h6-9,14,18H,10H2,1-5H3. The van der Waals surface area contributed by atoms with Crippen molar-refractivity contribution in [1.82, 2.24) is 5.32 Å². The van der Waals surface area contributed by atoms with Gasteiger partial charge in [-0.05, 0) is 57.4 Å². The number of furan rings is 1. The zero-order chi connectivity index (χ0) is 14.0. The highest BCUT2D eigenvalue weighted by molar-refractivity contribution is 5.30. The Morgan fingerprint density at radius 2 is 1.79 bits per heavy atom. The predicted octanol–water partition coefficient (Wildman–Crippen LogP) is 4.36. The van der Waals surface area contributed by atoms with Crippen molar-refractivity contribution >= 4 is 0 Å². The fourth-order valence-electron chi connectivity index (χ4n) is 2.37. The van der Waals surface area contributed by atoms with Gasteiger partial charge in [-0.2, -0.15) is 0 Å². The van der Waals surface area contributed by atoms with Crippen LogP contribution in [-0.4, -0.2) is 0 Å². The molecule has 0 aliphatic carbocycles. The smallest absolute Gasteiger partial charge is 0.105 e. The number of hydrogen-bond acceptors (Lipinski definition) is 2. The number of nitrogens with one attached hydrogen (secondary N) is 1. The molecule has 2 aromatic rings. The molecule has 1 unspecified atom stereocenters. The Kier molecular flexibility index (Phi) is 4.11. The van der Waals surface area contributed by atoms with Crippen molar-refractivity contribution in [2.45, 2.75) is 47.2 Å². The normalized spacial score (nSPS) is 12.7. The van der Waals surface area contributed by atoms with E-state index in [1.54, 1.807) is 0 Å². The van der Waals surface area contributed by atoms with Crippen molar-refractivity contribution < 1.29 is 4.42 Å². The first-order valence-corrected chi connectivity index (χ1v) is 6.84. The molecule has 0 fully saturated rings. The van der Waals surface area contributed by atoms with Crippen LogP contribution in [0.4, 0.5) is 0 Å². The van der Waals surface area contributed by atoms with Crippen molar-refractivity contribution in [3.63, 3.8) is 0 Å². The summed E-state index contributed by atoms with van der Waals surface area (Å²) in [6, 6.07) is 9.05. The first-order valence-electron chi connectivity index (χ1n) is 6.84. The number of benzene rings is 1. The summed E-state index contributed by atoms with van der Waals surface area (Å²) in [6.07, 6.45) is 0. The minimum absolute atomic E-state index is 0.305. The van der Waals surface area contributed by atoms with E-state index in [0.29, 0.717) is 6.04 Å². The SMILES string of the molecule is Cc1cc(C(C)NCc2ccc(C)c(C)c2)c(C)o1. The first-order chi connectivity index (χ1) is 8.97. The maximum atomic E-state index is 5.58. The lowest BCUT2D eigenvalue weighted by molar-refractivity contribution is 0.489. The van der Waals surface area contributed by atoms with Crippen LogP contribution in [0, 0.1) is 27.7 Å². The largest absolute Gasteiger partial charge is 0.466 e. The molecule has 1 heterocycles. The maximum Gasteiger partial charge on any atom is 0.105 e. The zero-order valence-electron chi connectivity index (χ0n) is 12.5. The maximum absolute atomic E-state index is 5.58. The summed E-state index contributed by atoms with van der Waals surface area (Å²) in [6.45, 7) is 11.4. The van der Waals surface area contributed by atoms with Crippen LogP contribution < -0.4 is 5.32 Å². The molecule has 1 aromatic carbocycles. The molecule has 1 N–H and O–H groups in total. The number of rotatable bonds is 4. The van der Waals surface area contributed by atoms with E-state index in [4.69, 9.17) is 4.42 Å². The van der Waals surface area contributed by atoms with E-state index < -0.39 is 0 Å². The molecule has 0 bridgehead atoms. The summed E-state index contributed by atoms with van der Waals surface area (Å²) in [5.41, 5.74) is 5.27. The molecule has 2 rings (SSSR count). The Morgan fingerprint density at radius 3 is 2.37 bits per heavy atom. The summed E-state index contributed by atoms with van der Waals surface area (Å²) in [5.74, 6) is 1.99. The molecular weight excluding hydrogens is 234 g/mol. The van der Waals surface area contributed by atoms with Gasteiger partial charge < -0.3 is 9.73 Å². The van der Waals surface area contributed by atoms with Crippen LogP contribution in [0.2, 0.25) is 0 Å². The Morgan fingerprint density at radius 1 is 1.05 bits per heavy atom. The highest BCUT2D eigenvalue weighted by Crippen LogP contribution is 2.21. The second-order valence-corrected chi connectivity index (χ2v) is 5.39. The van der Waals surface area contributed by atoms with Crippen LogP contribution in [0.3, 0.4) is 0 Å². The van der Waals surface area contributed by atoms with Gasteiger partial charge in [-0.25, -0.2) is 0 Å². The topological polar surface area (TPSA) is 25.2 Å². The average molecular weight is 257 g/mol. The quantitative estimate of drug-likeness (QED) is 0.880. The first kappa shape index (κ1) is 13.9. The summed E-state index contributed by atoms with van der Waals surface area (Å²) in [5, 5.41) is 3.56.